The van der Waals surface area contributed by atoms with Crippen LogP contribution in [0.4, 0.5) is 10.2 Å². The highest BCUT2D eigenvalue weighted by molar-refractivity contribution is 6.36. The fourth-order valence-corrected chi connectivity index (χ4v) is 7.30. The predicted molar refractivity (Wildman–Crippen MR) is 205 cm³/mol. The summed E-state index contributed by atoms with van der Waals surface area (Å²) >= 11 is 12.5. The van der Waals surface area contributed by atoms with Crippen molar-refractivity contribution in [1.29, 1.82) is 0 Å². The highest BCUT2D eigenvalue weighted by Gasteiger charge is 2.37. The maximum absolute atomic E-state index is 14.1. The van der Waals surface area contributed by atoms with Crippen LogP contribution in [0, 0.1) is 11.7 Å². The van der Waals surface area contributed by atoms with E-state index in [1.54, 1.807) is 31.5 Å². The molecule has 308 valence electrons. The van der Waals surface area contributed by atoms with Crippen LogP contribution in [0.1, 0.15) is 50.3 Å². The number of rotatable bonds is 18. The van der Waals surface area contributed by atoms with Gasteiger partial charge in [-0.2, -0.15) is 5.10 Å². The number of aromatic nitrogens is 3. The standard InChI is InChI=1S/C38H46Cl2FN7O9/c1-23(34-28(39)3-4-29(41)35(34)40)56-30-18-24(19-44-36(30)42)25-20-45-48(21-25)26-6-10-47(11-7-26)22-32(50)43-9-13-52-14-15-53-16-17-54-33-8-12-55-38(57-33)27-2-5-31(49)46-37(27)51/h3-4,8,12,18-21,23,26-27,33,38H,2,5-7,9-11,13-17,22H2,1H3,(H2,42,44)(H,43,50)(H,46,49,51)/t23-,27?,33?,38?/m1/s1. The van der Waals surface area contributed by atoms with E-state index < -0.39 is 36.3 Å². The summed E-state index contributed by atoms with van der Waals surface area (Å²) in [6.45, 7) is 5.48. The second-order valence-electron chi connectivity index (χ2n) is 13.7. The number of likely N-dealkylation sites (tertiary alicyclic amines) is 1. The van der Waals surface area contributed by atoms with Crippen molar-refractivity contribution in [2.24, 2.45) is 5.92 Å². The molecule has 2 fully saturated rings. The lowest BCUT2D eigenvalue weighted by Gasteiger charge is -2.32. The molecule has 3 aliphatic heterocycles. The molecule has 5 heterocycles. The van der Waals surface area contributed by atoms with Gasteiger partial charge in [-0.25, -0.2) is 9.37 Å². The molecular weight excluding hydrogens is 788 g/mol. The largest absolute Gasteiger partial charge is 0.482 e. The van der Waals surface area contributed by atoms with E-state index in [-0.39, 0.29) is 46.7 Å². The molecule has 0 radical (unpaired) electrons. The van der Waals surface area contributed by atoms with E-state index in [0.717, 1.165) is 37.1 Å². The highest BCUT2D eigenvalue weighted by Crippen LogP contribution is 2.37. The summed E-state index contributed by atoms with van der Waals surface area (Å²) in [5.74, 6) is -1.50. The maximum Gasteiger partial charge on any atom is 0.236 e. The first-order chi connectivity index (χ1) is 27.5. The molecule has 57 heavy (non-hydrogen) atoms. The molecule has 2 saturated heterocycles. The van der Waals surface area contributed by atoms with Gasteiger partial charge in [0, 0.05) is 66.2 Å². The summed E-state index contributed by atoms with van der Waals surface area (Å²) in [5, 5.41) is 9.97. The number of pyridine rings is 1. The van der Waals surface area contributed by atoms with E-state index in [4.69, 9.17) is 57.4 Å². The number of benzene rings is 1. The third-order valence-electron chi connectivity index (χ3n) is 9.68. The van der Waals surface area contributed by atoms with Gasteiger partial charge in [-0.15, -0.1) is 0 Å². The van der Waals surface area contributed by atoms with Crippen LogP contribution < -0.4 is 21.1 Å². The Hall–Kier alpha value is -4.36. The molecule has 1 aromatic carbocycles. The third kappa shape index (κ3) is 11.6. The van der Waals surface area contributed by atoms with Crippen molar-refractivity contribution in [1.82, 2.24) is 30.3 Å². The smallest absolute Gasteiger partial charge is 0.236 e. The van der Waals surface area contributed by atoms with Crippen LogP contribution in [0.5, 0.6) is 5.75 Å². The Morgan fingerprint density at radius 3 is 2.65 bits per heavy atom. The quantitative estimate of drug-likeness (QED) is 0.0941. The lowest BCUT2D eigenvalue weighted by Crippen LogP contribution is -2.48. The normalized spacial score (nSPS) is 20.9. The number of nitrogens with two attached hydrogens (primary N) is 1. The summed E-state index contributed by atoms with van der Waals surface area (Å²) < 4.78 is 49.9. The van der Waals surface area contributed by atoms with Crippen molar-refractivity contribution < 1.29 is 47.2 Å². The average Bonchev–Trinajstić information content (AvgIpc) is 3.69. The molecule has 0 saturated carbocycles. The van der Waals surface area contributed by atoms with Gasteiger partial charge in [-0.05, 0) is 44.4 Å². The molecule has 3 aliphatic rings. The first-order valence-electron chi connectivity index (χ1n) is 18.7. The minimum Gasteiger partial charge on any atom is -0.482 e. The van der Waals surface area contributed by atoms with Gasteiger partial charge in [0.05, 0.1) is 63.1 Å². The van der Waals surface area contributed by atoms with E-state index in [2.05, 4.69) is 25.6 Å². The zero-order valence-electron chi connectivity index (χ0n) is 31.4. The summed E-state index contributed by atoms with van der Waals surface area (Å²) in [5.41, 5.74) is 8.00. The predicted octanol–water partition coefficient (Wildman–Crippen LogP) is 4.18. The van der Waals surface area contributed by atoms with Crippen molar-refractivity contribution in [2.45, 2.75) is 57.3 Å². The summed E-state index contributed by atoms with van der Waals surface area (Å²) in [4.78, 5) is 42.4. The SMILES string of the molecule is C[C@@H](Oc1cc(-c2cnn(C3CCN(CC(=O)NCCOCCOCCOC4C=COC(C5CCC(=O)NC5=O)O4)CC3)c2)cnc1N)c1c(Cl)ccc(F)c1Cl. The molecule has 0 aliphatic carbocycles. The van der Waals surface area contributed by atoms with E-state index in [1.807, 2.05) is 10.9 Å². The van der Waals surface area contributed by atoms with Gasteiger partial charge in [0.2, 0.25) is 24.0 Å². The average molecular weight is 835 g/mol. The van der Waals surface area contributed by atoms with Gasteiger partial charge >= 0.3 is 0 Å². The second kappa shape index (κ2) is 20.4. The number of hydrogen-bond donors (Lipinski definition) is 3. The number of carbonyl (C=O) groups excluding carboxylic acids is 3. The minimum absolute atomic E-state index is 0.0683. The third-order valence-corrected chi connectivity index (χ3v) is 10.4. The Kier molecular flexibility index (Phi) is 15.1. The molecule has 0 bridgehead atoms. The van der Waals surface area contributed by atoms with Crippen molar-refractivity contribution in [3.8, 4) is 16.9 Å². The Balaban J connectivity index is 0.821. The lowest BCUT2D eigenvalue weighted by atomic mass is 9.97. The number of imide groups is 1. The number of nitrogens with one attached hydrogen (secondary N) is 2. The first kappa shape index (κ1) is 42.3. The van der Waals surface area contributed by atoms with Crippen LogP contribution in [0.15, 0.2) is 49.1 Å². The molecule has 4 N–H and O–H groups in total. The molecule has 16 nitrogen and oxygen atoms in total. The fourth-order valence-electron chi connectivity index (χ4n) is 6.62. The summed E-state index contributed by atoms with van der Waals surface area (Å²) in [7, 11) is 0. The van der Waals surface area contributed by atoms with E-state index in [0.29, 0.717) is 57.3 Å². The van der Waals surface area contributed by atoms with Crippen LogP contribution in [-0.4, -0.2) is 109 Å². The Morgan fingerprint density at radius 2 is 1.86 bits per heavy atom. The van der Waals surface area contributed by atoms with Crippen molar-refractivity contribution >= 4 is 46.7 Å². The molecule has 3 aromatic rings. The number of carbonyl (C=O) groups is 3. The van der Waals surface area contributed by atoms with E-state index in [1.165, 1.54) is 18.4 Å². The van der Waals surface area contributed by atoms with E-state index in [9.17, 15) is 18.8 Å². The van der Waals surface area contributed by atoms with Crippen LogP contribution in [-0.2, 0) is 38.1 Å². The molecule has 2 aromatic heterocycles. The highest BCUT2D eigenvalue weighted by atomic mass is 35.5. The molecule has 6 rings (SSSR count). The number of amides is 3. The van der Waals surface area contributed by atoms with Gasteiger partial charge in [-0.3, -0.25) is 29.3 Å². The number of nitrogens with zero attached hydrogens (tertiary/aromatic N) is 4. The van der Waals surface area contributed by atoms with Crippen LogP contribution in [0.25, 0.3) is 11.1 Å². The molecule has 3 amide bonds. The maximum atomic E-state index is 14.1. The minimum atomic E-state index is -0.828. The number of piperidine rings is 2. The van der Waals surface area contributed by atoms with Crippen LogP contribution in [0.3, 0.4) is 0 Å². The number of nitrogen functional groups attached to an aromatic ring is 1. The summed E-state index contributed by atoms with van der Waals surface area (Å²) in [6, 6.07) is 4.55. The molecule has 4 atom stereocenters. The van der Waals surface area contributed by atoms with E-state index >= 15 is 0 Å². The van der Waals surface area contributed by atoms with Gasteiger partial charge in [0.25, 0.3) is 0 Å². The van der Waals surface area contributed by atoms with Gasteiger partial charge < -0.3 is 39.5 Å². The monoisotopic (exact) mass is 833 g/mol. The Labute approximate surface area is 339 Å². The van der Waals surface area contributed by atoms with Gasteiger partial charge in [-0.1, -0.05) is 23.2 Å². The zero-order chi connectivity index (χ0) is 40.3. The molecule has 3 unspecified atom stereocenters. The first-order valence-corrected chi connectivity index (χ1v) is 19.5. The topological polar surface area (TPSA) is 191 Å². The van der Waals surface area contributed by atoms with Gasteiger partial charge in [0.15, 0.2) is 17.9 Å². The van der Waals surface area contributed by atoms with Crippen molar-refractivity contribution in [3.05, 3.63) is 70.6 Å². The van der Waals surface area contributed by atoms with Crippen LogP contribution in [0.2, 0.25) is 10.0 Å². The summed E-state index contributed by atoms with van der Waals surface area (Å²) in [6.07, 6.45) is 8.38. The molecule has 0 spiro atoms. The fraction of sp³-hybridized carbons (Fsp3) is 0.500. The number of halogens is 3. The van der Waals surface area contributed by atoms with Crippen LogP contribution >= 0.6 is 23.2 Å². The molecule has 19 heteroatoms. The number of ether oxygens (including phenoxy) is 6. The lowest BCUT2D eigenvalue weighted by molar-refractivity contribution is -0.244. The Morgan fingerprint density at radius 1 is 1.09 bits per heavy atom. The second-order valence-corrected chi connectivity index (χ2v) is 14.5. The number of anilines is 1. The van der Waals surface area contributed by atoms with Gasteiger partial charge in [0.1, 0.15) is 17.8 Å². The van der Waals surface area contributed by atoms with Crippen molar-refractivity contribution in [2.75, 3.05) is 64.9 Å². The number of hydrogen-bond acceptors (Lipinski definition) is 13. The van der Waals surface area contributed by atoms with Crippen molar-refractivity contribution in [3.63, 3.8) is 0 Å². The Bertz CT molecular complexity index is 1890. The zero-order valence-corrected chi connectivity index (χ0v) is 32.9. The molecular formula is C38H46Cl2FN7O9.